The van der Waals surface area contributed by atoms with Gasteiger partial charge in [0.25, 0.3) is 0 Å². The van der Waals surface area contributed by atoms with Gasteiger partial charge in [0.2, 0.25) is 5.91 Å². The molecule has 0 heterocycles. The Labute approximate surface area is 118 Å². The number of hydrogen-bond donors (Lipinski definition) is 2. The molecular weight excluding hydrogens is 238 g/mol. The van der Waals surface area contributed by atoms with Gasteiger partial charge in [0.1, 0.15) is 0 Å². The molecule has 0 bridgehead atoms. The standard InChI is InChI=1S/C15H31N3O/c1-5-13(6-2)17-15(19)12(4)16-10-11-18(7-3)14-8-9-14/h12-14,16H,5-11H2,1-4H3,(H,17,19). The first-order valence-corrected chi connectivity index (χ1v) is 7.90. The highest BCUT2D eigenvalue weighted by atomic mass is 16.2. The number of nitrogens with one attached hydrogen (secondary N) is 2. The maximum atomic E-state index is 12.0. The van der Waals surface area contributed by atoms with Gasteiger partial charge in [-0.2, -0.15) is 0 Å². The Morgan fingerprint density at radius 3 is 2.37 bits per heavy atom. The van der Waals surface area contributed by atoms with E-state index in [4.69, 9.17) is 0 Å². The number of hydrogen-bond acceptors (Lipinski definition) is 3. The fraction of sp³-hybridized carbons (Fsp3) is 0.933. The van der Waals surface area contributed by atoms with Crippen molar-refractivity contribution in [3.8, 4) is 0 Å². The number of rotatable bonds is 10. The molecule has 0 radical (unpaired) electrons. The van der Waals surface area contributed by atoms with Gasteiger partial charge in [-0.3, -0.25) is 9.69 Å². The monoisotopic (exact) mass is 269 g/mol. The molecule has 0 aromatic heterocycles. The van der Waals surface area contributed by atoms with Crippen LogP contribution in [0.15, 0.2) is 0 Å². The summed E-state index contributed by atoms with van der Waals surface area (Å²) in [6.07, 6.45) is 4.69. The van der Waals surface area contributed by atoms with Crippen molar-refractivity contribution in [1.82, 2.24) is 15.5 Å². The van der Waals surface area contributed by atoms with Gasteiger partial charge in [0, 0.05) is 25.2 Å². The molecule has 112 valence electrons. The van der Waals surface area contributed by atoms with Crippen molar-refractivity contribution < 1.29 is 4.79 Å². The van der Waals surface area contributed by atoms with Gasteiger partial charge < -0.3 is 10.6 Å². The first-order chi connectivity index (χ1) is 9.12. The van der Waals surface area contributed by atoms with E-state index in [9.17, 15) is 4.79 Å². The van der Waals surface area contributed by atoms with Crippen molar-refractivity contribution in [2.75, 3.05) is 19.6 Å². The zero-order chi connectivity index (χ0) is 14.3. The van der Waals surface area contributed by atoms with Crippen LogP contribution >= 0.6 is 0 Å². The molecule has 4 nitrogen and oxygen atoms in total. The fourth-order valence-corrected chi connectivity index (χ4v) is 2.37. The molecule has 4 heteroatoms. The van der Waals surface area contributed by atoms with Crippen LogP contribution in [0.2, 0.25) is 0 Å². The van der Waals surface area contributed by atoms with Crippen molar-refractivity contribution in [2.45, 2.75) is 71.5 Å². The van der Waals surface area contributed by atoms with Crippen molar-refractivity contribution in [2.24, 2.45) is 0 Å². The summed E-state index contributed by atoms with van der Waals surface area (Å²) >= 11 is 0. The summed E-state index contributed by atoms with van der Waals surface area (Å²) in [4.78, 5) is 14.5. The average molecular weight is 269 g/mol. The summed E-state index contributed by atoms with van der Waals surface area (Å²) in [5.74, 6) is 0.128. The van der Waals surface area contributed by atoms with Crippen LogP contribution in [0.1, 0.15) is 53.4 Å². The van der Waals surface area contributed by atoms with E-state index in [2.05, 4.69) is 36.3 Å². The van der Waals surface area contributed by atoms with Crippen LogP contribution in [0, 0.1) is 0 Å². The van der Waals surface area contributed by atoms with E-state index in [0.717, 1.165) is 38.5 Å². The maximum Gasteiger partial charge on any atom is 0.237 e. The van der Waals surface area contributed by atoms with Crippen molar-refractivity contribution in [1.29, 1.82) is 0 Å². The third kappa shape index (κ3) is 5.91. The predicted octanol–water partition coefficient (Wildman–Crippen LogP) is 1.75. The largest absolute Gasteiger partial charge is 0.352 e. The Kier molecular flexibility index (Phi) is 7.39. The average Bonchev–Trinajstić information content (AvgIpc) is 3.24. The van der Waals surface area contributed by atoms with Crippen LogP contribution in [0.5, 0.6) is 0 Å². The summed E-state index contributed by atoms with van der Waals surface area (Å²) < 4.78 is 0. The Hall–Kier alpha value is -0.610. The third-order valence-corrected chi connectivity index (χ3v) is 4.04. The number of likely N-dealkylation sites (N-methyl/N-ethyl adjacent to an activating group) is 1. The van der Waals surface area contributed by atoms with E-state index in [1.54, 1.807) is 0 Å². The molecule has 1 unspecified atom stereocenters. The van der Waals surface area contributed by atoms with Gasteiger partial charge in [0.15, 0.2) is 0 Å². The zero-order valence-electron chi connectivity index (χ0n) is 13.0. The van der Waals surface area contributed by atoms with E-state index in [0.29, 0.717) is 6.04 Å². The minimum atomic E-state index is -0.0986. The zero-order valence-corrected chi connectivity index (χ0v) is 13.0. The molecule has 0 aromatic rings. The first kappa shape index (κ1) is 16.4. The molecule has 1 amide bonds. The lowest BCUT2D eigenvalue weighted by molar-refractivity contribution is -0.123. The number of carbonyl (C=O) groups excluding carboxylic acids is 1. The second kappa shape index (κ2) is 8.54. The van der Waals surface area contributed by atoms with Crippen molar-refractivity contribution in [3.63, 3.8) is 0 Å². The Bertz CT molecular complexity index is 262. The fourth-order valence-electron chi connectivity index (χ4n) is 2.37. The number of nitrogens with zero attached hydrogens (tertiary/aromatic N) is 1. The van der Waals surface area contributed by atoms with Gasteiger partial charge >= 0.3 is 0 Å². The lowest BCUT2D eigenvalue weighted by atomic mass is 10.1. The Morgan fingerprint density at radius 1 is 1.26 bits per heavy atom. The molecule has 1 aliphatic rings. The number of amides is 1. The lowest BCUT2D eigenvalue weighted by Gasteiger charge is -2.22. The summed E-state index contributed by atoms with van der Waals surface area (Å²) in [5, 5.41) is 6.42. The summed E-state index contributed by atoms with van der Waals surface area (Å²) in [6, 6.07) is 1.02. The third-order valence-electron chi connectivity index (χ3n) is 4.04. The SMILES string of the molecule is CCC(CC)NC(=O)C(C)NCCN(CC)C1CC1. The van der Waals surface area contributed by atoms with E-state index in [1.165, 1.54) is 12.8 Å². The van der Waals surface area contributed by atoms with Gasteiger partial charge in [-0.25, -0.2) is 0 Å². The maximum absolute atomic E-state index is 12.0. The molecule has 19 heavy (non-hydrogen) atoms. The molecule has 0 aromatic carbocycles. The molecule has 1 rings (SSSR count). The summed E-state index contributed by atoms with van der Waals surface area (Å²) in [6.45, 7) is 11.4. The predicted molar refractivity (Wildman–Crippen MR) is 80.2 cm³/mol. The Balaban J connectivity index is 2.18. The van der Waals surface area contributed by atoms with Crippen LogP contribution in [-0.4, -0.2) is 48.6 Å². The minimum absolute atomic E-state index is 0.0986. The van der Waals surface area contributed by atoms with Crippen LogP contribution in [0.4, 0.5) is 0 Å². The second-order valence-electron chi connectivity index (χ2n) is 5.56. The van der Waals surface area contributed by atoms with Gasteiger partial charge in [0.05, 0.1) is 6.04 Å². The van der Waals surface area contributed by atoms with Crippen molar-refractivity contribution in [3.05, 3.63) is 0 Å². The van der Waals surface area contributed by atoms with Crippen LogP contribution in [0.25, 0.3) is 0 Å². The van der Waals surface area contributed by atoms with E-state index in [-0.39, 0.29) is 11.9 Å². The topological polar surface area (TPSA) is 44.4 Å². The van der Waals surface area contributed by atoms with E-state index in [1.807, 2.05) is 6.92 Å². The molecule has 0 spiro atoms. The van der Waals surface area contributed by atoms with E-state index >= 15 is 0 Å². The highest BCUT2D eigenvalue weighted by Gasteiger charge is 2.27. The molecule has 1 atom stereocenters. The number of carbonyl (C=O) groups is 1. The first-order valence-electron chi connectivity index (χ1n) is 7.90. The normalized spacial score (nSPS) is 16.9. The minimum Gasteiger partial charge on any atom is -0.352 e. The highest BCUT2D eigenvalue weighted by Crippen LogP contribution is 2.25. The molecule has 1 aliphatic carbocycles. The van der Waals surface area contributed by atoms with Gasteiger partial charge in [-0.1, -0.05) is 20.8 Å². The molecular formula is C15H31N3O. The highest BCUT2D eigenvalue weighted by molar-refractivity contribution is 5.81. The molecule has 1 saturated carbocycles. The smallest absolute Gasteiger partial charge is 0.237 e. The lowest BCUT2D eigenvalue weighted by Crippen LogP contribution is -2.47. The van der Waals surface area contributed by atoms with Crippen LogP contribution in [-0.2, 0) is 4.79 Å². The van der Waals surface area contributed by atoms with Crippen LogP contribution < -0.4 is 10.6 Å². The molecule has 1 fully saturated rings. The summed E-state index contributed by atoms with van der Waals surface area (Å²) in [7, 11) is 0. The van der Waals surface area contributed by atoms with Gasteiger partial charge in [-0.15, -0.1) is 0 Å². The Morgan fingerprint density at radius 2 is 1.89 bits per heavy atom. The molecule has 0 aliphatic heterocycles. The van der Waals surface area contributed by atoms with Gasteiger partial charge in [-0.05, 0) is 39.2 Å². The van der Waals surface area contributed by atoms with Crippen molar-refractivity contribution >= 4 is 5.91 Å². The van der Waals surface area contributed by atoms with E-state index < -0.39 is 0 Å². The quantitative estimate of drug-likeness (QED) is 0.635. The molecule has 0 saturated heterocycles. The van der Waals surface area contributed by atoms with Crippen LogP contribution in [0.3, 0.4) is 0 Å². The summed E-state index contributed by atoms with van der Waals surface area (Å²) in [5.41, 5.74) is 0. The molecule has 2 N–H and O–H groups in total. The second-order valence-corrected chi connectivity index (χ2v) is 5.56.